The molecule has 0 fully saturated rings. The Labute approximate surface area is 118 Å². The normalized spacial score (nSPS) is 11.9. The first-order chi connectivity index (χ1) is 9.21. The topological polar surface area (TPSA) is 98.2 Å². The number of nitrogens with zero attached hydrogens (tertiary/aromatic N) is 2. The van der Waals surface area contributed by atoms with Gasteiger partial charge in [-0.2, -0.15) is 0 Å². The first-order valence-corrected chi connectivity index (χ1v) is 7.82. The number of carbonyl (C=O) groups is 1. The molecule has 1 rings (SSSR count). The maximum absolute atomic E-state index is 11.8. The van der Waals surface area contributed by atoms with Crippen molar-refractivity contribution < 1.29 is 17.9 Å². The molecule has 0 spiro atoms. The van der Waals surface area contributed by atoms with E-state index in [-0.39, 0.29) is 23.9 Å². The minimum Gasteiger partial charge on any atom is -0.444 e. The van der Waals surface area contributed by atoms with E-state index in [9.17, 15) is 13.2 Å². The Morgan fingerprint density at radius 2 is 1.90 bits per heavy atom. The third-order valence-electron chi connectivity index (χ3n) is 2.08. The molecule has 1 aromatic rings. The molecule has 1 N–H and O–H groups in total. The molecule has 0 aliphatic carbocycles. The van der Waals surface area contributed by atoms with Gasteiger partial charge in [-0.25, -0.2) is 23.2 Å². The standard InChI is InChI=1S/C12H19N3O4S/c1-12(2,3)19-11(16)15-8-5-9-20(17,18)10-13-6-4-7-14-10/h4,6-7H,5,8-9H2,1-3H3,(H,15,16). The average Bonchev–Trinajstić information content (AvgIpc) is 2.34. The average molecular weight is 301 g/mol. The van der Waals surface area contributed by atoms with Crippen LogP contribution in [0.15, 0.2) is 23.6 Å². The van der Waals surface area contributed by atoms with E-state index in [2.05, 4.69) is 15.3 Å². The highest BCUT2D eigenvalue weighted by Crippen LogP contribution is 2.07. The number of sulfone groups is 1. The Bertz CT molecular complexity index is 538. The van der Waals surface area contributed by atoms with Crippen LogP contribution in [0, 0.1) is 0 Å². The van der Waals surface area contributed by atoms with Crippen LogP contribution in [-0.2, 0) is 14.6 Å². The summed E-state index contributed by atoms with van der Waals surface area (Å²) in [7, 11) is -3.51. The molecule has 0 unspecified atom stereocenters. The quantitative estimate of drug-likeness (QED) is 0.647. The molecular formula is C12H19N3O4S. The van der Waals surface area contributed by atoms with Gasteiger partial charge in [-0.1, -0.05) is 0 Å². The lowest BCUT2D eigenvalue weighted by Gasteiger charge is -2.19. The van der Waals surface area contributed by atoms with Crippen molar-refractivity contribution >= 4 is 15.9 Å². The van der Waals surface area contributed by atoms with E-state index in [0.29, 0.717) is 0 Å². The fourth-order valence-corrected chi connectivity index (χ4v) is 2.45. The molecule has 0 aliphatic rings. The smallest absolute Gasteiger partial charge is 0.407 e. The summed E-state index contributed by atoms with van der Waals surface area (Å²) >= 11 is 0. The summed E-state index contributed by atoms with van der Waals surface area (Å²) in [5.74, 6) is -0.132. The number of carbonyl (C=O) groups excluding carboxylic acids is 1. The number of aromatic nitrogens is 2. The molecule has 7 nitrogen and oxygen atoms in total. The summed E-state index contributed by atoms with van der Waals surface area (Å²) in [6.07, 6.45) is 2.45. The fraction of sp³-hybridized carbons (Fsp3) is 0.583. The van der Waals surface area contributed by atoms with Gasteiger partial charge in [0, 0.05) is 18.9 Å². The van der Waals surface area contributed by atoms with Crippen molar-refractivity contribution in [2.75, 3.05) is 12.3 Å². The highest BCUT2D eigenvalue weighted by molar-refractivity contribution is 7.91. The molecule has 0 bridgehead atoms. The summed E-state index contributed by atoms with van der Waals surface area (Å²) in [6, 6.07) is 1.54. The molecule has 0 aliphatic heterocycles. The van der Waals surface area contributed by atoms with E-state index >= 15 is 0 Å². The number of hydrogen-bond donors (Lipinski definition) is 1. The molecule has 8 heteroatoms. The number of hydrogen-bond acceptors (Lipinski definition) is 6. The minimum absolute atomic E-state index is 0.132. The zero-order valence-electron chi connectivity index (χ0n) is 11.8. The molecule has 0 saturated carbocycles. The predicted octanol–water partition coefficient (Wildman–Crippen LogP) is 1.17. The Morgan fingerprint density at radius 1 is 1.30 bits per heavy atom. The summed E-state index contributed by atoms with van der Waals surface area (Å²) < 4.78 is 28.7. The molecular weight excluding hydrogens is 282 g/mol. The maximum Gasteiger partial charge on any atom is 0.407 e. The van der Waals surface area contributed by atoms with E-state index in [1.807, 2.05) is 0 Å². The van der Waals surface area contributed by atoms with Crippen LogP contribution in [0.4, 0.5) is 4.79 Å². The van der Waals surface area contributed by atoms with Gasteiger partial charge in [0.25, 0.3) is 0 Å². The molecule has 1 aromatic heterocycles. The van der Waals surface area contributed by atoms with E-state index in [1.165, 1.54) is 12.4 Å². The molecule has 0 saturated heterocycles. The van der Waals surface area contributed by atoms with Gasteiger partial charge in [0.05, 0.1) is 5.75 Å². The SMILES string of the molecule is CC(C)(C)OC(=O)NCCCS(=O)(=O)c1ncccn1. The van der Waals surface area contributed by atoms with E-state index in [0.717, 1.165) is 0 Å². The van der Waals surface area contributed by atoms with Crippen molar-refractivity contribution in [3.8, 4) is 0 Å². The van der Waals surface area contributed by atoms with E-state index < -0.39 is 21.5 Å². The first kappa shape index (κ1) is 16.4. The van der Waals surface area contributed by atoms with Gasteiger partial charge in [0.2, 0.25) is 15.0 Å². The van der Waals surface area contributed by atoms with Crippen molar-refractivity contribution in [2.45, 2.75) is 37.9 Å². The summed E-state index contributed by atoms with van der Waals surface area (Å²) in [6.45, 7) is 5.47. The summed E-state index contributed by atoms with van der Waals surface area (Å²) in [5, 5.41) is 2.30. The van der Waals surface area contributed by atoms with Crippen molar-refractivity contribution in [1.29, 1.82) is 0 Å². The third kappa shape index (κ3) is 5.96. The Kier molecular flexibility index (Phi) is 5.43. The van der Waals surface area contributed by atoms with Gasteiger partial charge in [-0.15, -0.1) is 0 Å². The second-order valence-corrected chi connectivity index (χ2v) is 7.14. The van der Waals surface area contributed by atoms with Gasteiger partial charge >= 0.3 is 6.09 Å². The largest absolute Gasteiger partial charge is 0.444 e. The number of nitrogens with one attached hydrogen (secondary N) is 1. The fourth-order valence-electron chi connectivity index (χ4n) is 1.30. The summed E-state index contributed by atoms with van der Waals surface area (Å²) in [5.41, 5.74) is -0.575. The highest BCUT2D eigenvalue weighted by Gasteiger charge is 2.18. The van der Waals surface area contributed by atoms with Gasteiger partial charge < -0.3 is 10.1 Å². The van der Waals surface area contributed by atoms with Crippen LogP contribution in [0.3, 0.4) is 0 Å². The Hall–Kier alpha value is -1.70. The molecule has 0 aromatic carbocycles. The minimum atomic E-state index is -3.51. The Balaban J connectivity index is 2.37. The van der Waals surface area contributed by atoms with Crippen LogP contribution in [0.2, 0.25) is 0 Å². The third-order valence-corrected chi connectivity index (χ3v) is 3.67. The van der Waals surface area contributed by atoms with Crippen molar-refractivity contribution in [3.05, 3.63) is 18.5 Å². The van der Waals surface area contributed by atoms with Crippen LogP contribution < -0.4 is 5.32 Å². The van der Waals surface area contributed by atoms with E-state index in [1.54, 1.807) is 26.8 Å². The number of ether oxygens (including phenoxy) is 1. The Morgan fingerprint density at radius 3 is 2.45 bits per heavy atom. The number of amides is 1. The van der Waals surface area contributed by atoms with Crippen LogP contribution in [0.5, 0.6) is 0 Å². The van der Waals surface area contributed by atoms with Gasteiger partial charge in [0.15, 0.2) is 0 Å². The molecule has 112 valence electrons. The monoisotopic (exact) mass is 301 g/mol. The molecule has 20 heavy (non-hydrogen) atoms. The molecule has 1 heterocycles. The van der Waals surface area contributed by atoms with Crippen LogP contribution in [0.1, 0.15) is 27.2 Å². The number of alkyl carbamates (subject to hydrolysis) is 1. The van der Waals surface area contributed by atoms with Crippen LogP contribution >= 0.6 is 0 Å². The van der Waals surface area contributed by atoms with Crippen LogP contribution in [0.25, 0.3) is 0 Å². The molecule has 0 radical (unpaired) electrons. The van der Waals surface area contributed by atoms with Crippen molar-refractivity contribution in [3.63, 3.8) is 0 Å². The maximum atomic E-state index is 11.8. The van der Waals surface area contributed by atoms with Crippen molar-refractivity contribution in [1.82, 2.24) is 15.3 Å². The second kappa shape index (κ2) is 6.65. The predicted molar refractivity (Wildman–Crippen MR) is 72.9 cm³/mol. The second-order valence-electron chi connectivity index (χ2n) is 5.13. The highest BCUT2D eigenvalue weighted by atomic mass is 32.2. The molecule has 0 atom stereocenters. The van der Waals surface area contributed by atoms with Crippen LogP contribution in [-0.4, -0.2) is 42.4 Å². The van der Waals surface area contributed by atoms with E-state index in [4.69, 9.17) is 4.74 Å². The van der Waals surface area contributed by atoms with Gasteiger partial charge in [0.1, 0.15) is 5.60 Å². The summed E-state index contributed by atoms with van der Waals surface area (Å²) in [4.78, 5) is 18.7. The van der Waals surface area contributed by atoms with Gasteiger partial charge in [-0.3, -0.25) is 0 Å². The zero-order valence-corrected chi connectivity index (χ0v) is 12.6. The lowest BCUT2D eigenvalue weighted by molar-refractivity contribution is 0.0528. The zero-order chi connectivity index (χ0) is 15.2. The van der Waals surface area contributed by atoms with Gasteiger partial charge in [-0.05, 0) is 33.3 Å². The molecule has 1 amide bonds. The van der Waals surface area contributed by atoms with Crippen molar-refractivity contribution in [2.24, 2.45) is 0 Å². The lowest BCUT2D eigenvalue weighted by atomic mass is 10.2. The lowest BCUT2D eigenvalue weighted by Crippen LogP contribution is -2.33. The first-order valence-electron chi connectivity index (χ1n) is 6.17. The number of rotatable bonds is 5.